The molecule has 142 valence electrons. The van der Waals surface area contributed by atoms with E-state index in [0.29, 0.717) is 25.6 Å². The van der Waals surface area contributed by atoms with Gasteiger partial charge in [-0.2, -0.15) is 0 Å². The first-order chi connectivity index (χ1) is 12.6. The third kappa shape index (κ3) is 5.07. The quantitative estimate of drug-likeness (QED) is 0.762. The molecule has 0 aromatic heterocycles. The third-order valence-electron chi connectivity index (χ3n) is 5.34. The highest BCUT2D eigenvalue weighted by atomic mass is 16.5. The number of rotatable bonds is 7. The molecule has 2 aliphatic rings. The molecule has 2 fully saturated rings. The summed E-state index contributed by atoms with van der Waals surface area (Å²) in [4.78, 5) is 26.7. The number of amides is 1. The summed E-state index contributed by atoms with van der Waals surface area (Å²) in [5.74, 6) is 0.364. The van der Waals surface area contributed by atoms with Crippen LogP contribution < -0.4 is 5.32 Å². The minimum Gasteiger partial charge on any atom is -0.466 e. The summed E-state index contributed by atoms with van der Waals surface area (Å²) >= 11 is 0. The van der Waals surface area contributed by atoms with Crippen LogP contribution in [0.3, 0.4) is 0 Å². The van der Waals surface area contributed by atoms with Gasteiger partial charge in [-0.15, -0.1) is 0 Å². The summed E-state index contributed by atoms with van der Waals surface area (Å²) in [6.07, 6.45) is 4.13. The van der Waals surface area contributed by atoms with E-state index in [1.807, 2.05) is 6.92 Å². The first-order valence-electron chi connectivity index (χ1n) is 9.81. The van der Waals surface area contributed by atoms with Crippen LogP contribution >= 0.6 is 0 Å². The van der Waals surface area contributed by atoms with Gasteiger partial charge in [0.1, 0.15) is 0 Å². The van der Waals surface area contributed by atoms with E-state index in [0.717, 1.165) is 19.4 Å². The van der Waals surface area contributed by atoms with Crippen molar-refractivity contribution in [1.82, 2.24) is 10.2 Å². The van der Waals surface area contributed by atoms with E-state index in [2.05, 4.69) is 41.4 Å². The maximum Gasteiger partial charge on any atom is 0.310 e. The van der Waals surface area contributed by atoms with Crippen LogP contribution in [-0.2, 0) is 14.3 Å². The summed E-state index contributed by atoms with van der Waals surface area (Å²) in [6.45, 7) is 6.15. The molecule has 0 spiro atoms. The van der Waals surface area contributed by atoms with Gasteiger partial charge in [0.05, 0.1) is 25.1 Å². The number of likely N-dealkylation sites (tertiary alicyclic amines) is 1. The van der Waals surface area contributed by atoms with Gasteiger partial charge in [0, 0.05) is 6.54 Å². The van der Waals surface area contributed by atoms with Gasteiger partial charge < -0.3 is 10.1 Å². The Labute approximate surface area is 156 Å². The van der Waals surface area contributed by atoms with Gasteiger partial charge in [0.15, 0.2) is 0 Å². The number of benzene rings is 1. The summed E-state index contributed by atoms with van der Waals surface area (Å²) in [5, 5.41) is 3.23. The maximum atomic E-state index is 12.6. The standard InChI is InChI=1S/C21H30N2O3/c1-3-26-21(25)18-5-4-12-23(13-18)14-19(24)22-20(17-10-11-17)16-8-6-15(2)7-9-16/h6-9,17-18,20H,3-5,10-14H2,1-2H3,(H,22,24). The van der Waals surface area contributed by atoms with Crippen LogP contribution in [0, 0.1) is 18.8 Å². The van der Waals surface area contributed by atoms with Crippen LogP contribution in [0.1, 0.15) is 49.8 Å². The molecule has 1 amide bonds. The second-order valence-electron chi connectivity index (χ2n) is 7.62. The lowest BCUT2D eigenvalue weighted by Crippen LogP contribution is -2.45. The maximum absolute atomic E-state index is 12.6. The zero-order chi connectivity index (χ0) is 18.5. The molecule has 1 aliphatic carbocycles. The van der Waals surface area contributed by atoms with Crippen molar-refractivity contribution in [1.29, 1.82) is 0 Å². The number of esters is 1. The fourth-order valence-corrected chi connectivity index (χ4v) is 3.75. The topological polar surface area (TPSA) is 58.6 Å². The Hall–Kier alpha value is -1.88. The molecule has 1 saturated heterocycles. The van der Waals surface area contributed by atoms with Crippen LogP contribution in [0.15, 0.2) is 24.3 Å². The minimum atomic E-state index is -0.131. The lowest BCUT2D eigenvalue weighted by molar-refractivity contribution is -0.150. The first-order valence-corrected chi connectivity index (χ1v) is 9.81. The predicted octanol–water partition coefficient (Wildman–Crippen LogP) is 2.84. The summed E-state index contributed by atoms with van der Waals surface area (Å²) in [6, 6.07) is 8.55. The molecule has 1 heterocycles. The fourth-order valence-electron chi connectivity index (χ4n) is 3.75. The highest BCUT2D eigenvalue weighted by Gasteiger charge is 2.34. The highest BCUT2D eigenvalue weighted by molar-refractivity contribution is 5.79. The third-order valence-corrected chi connectivity index (χ3v) is 5.34. The number of hydrogen-bond acceptors (Lipinski definition) is 4. The average Bonchev–Trinajstić information content (AvgIpc) is 3.46. The van der Waals surface area contributed by atoms with E-state index in [-0.39, 0.29) is 23.8 Å². The van der Waals surface area contributed by atoms with E-state index < -0.39 is 0 Å². The van der Waals surface area contributed by atoms with Gasteiger partial charge in [-0.05, 0) is 57.6 Å². The van der Waals surface area contributed by atoms with Crippen molar-refractivity contribution in [2.45, 2.75) is 45.6 Å². The Morgan fingerprint density at radius 3 is 2.62 bits per heavy atom. The number of nitrogens with one attached hydrogen (secondary N) is 1. The first kappa shape index (κ1) is 18.9. The summed E-state index contributed by atoms with van der Waals surface area (Å²) in [7, 11) is 0. The van der Waals surface area contributed by atoms with Gasteiger partial charge in [-0.1, -0.05) is 29.8 Å². The number of piperidine rings is 1. The van der Waals surface area contributed by atoms with Crippen molar-refractivity contribution >= 4 is 11.9 Å². The summed E-state index contributed by atoms with van der Waals surface area (Å²) < 4.78 is 5.14. The molecule has 0 radical (unpaired) electrons. The van der Waals surface area contributed by atoms with Gasteiger partial charge in [-0.3, -0.25) is 14.5 Å². The molecule has 1 N–H and O–H groups in total. The van der Waals surface area contributed by atoms with Crippen molar-refractivity contribution in [3.8, 4) is 0 Å². The molecule has 5 nitrogen and oxygen atoms in total. The van der Waals surface area contributed by atoms with E-state index >= 15 is 0 Å². The second kappa shape index (κ2) is 8.67. The monoisotopic (exact) mass is 358 g/mol. The number of hydrogen-bond donors (Lipinski definition) is 1. The molecule has 3 rings (SSSR count). The van der Waals surface area contributed by atoms with Gasteiger partial charge in [0.2, 0.25) is 5.91 Å². The van der Waals surface area contributed by atoms with Crippen molar-refractivity contribution in [2.24, 2.45) is 11.8 Å². The van der Waals surface area contributed by atoms with Gasteiger partial charge in [0.25, 0.3) is 0 Å². The van der Waals surface area contributed by atoms with Gasteiger partial charge >= 0.3 is 5.97 Å². The van der Waals surface area contributed by atoms with Crippen LogP contribution in [0.4, 0.5) is 0 Å². The SMILES string of the molecule is CCOC(=O)C1CCCN(CC(=O)NC(c2ccc(C)cc2)C2CC2)C1. The highest BCUT2D eigenvalue weighted by Crippen LogP contribution is 2.41. The minimum absolute atomic E-state index is 0.0481. The smallest absolute Gasteiger partial charge is 0.310 e. The lowest BCUT2D eigenvalue weighted by atomic mass is 9.98. The van der Waals surface area contributed by atoms with Crippen LogP contribution in [0.5, 0.6) is 0 Å². The normalized spacial score (nSPS) is 21.8. The van der Waals surface area contributed by atoms with Crippen LogP contribution in [-0.4, -0.2) is 43.0 Å². The fraction of sp³-hybridized carbons (Fsp3) is 0.619. The van der Waals surface area contributed by atoms with E-state index in [1.54, 1.807) is 0 Å². The van der Waals surface area contributed by atoms with Crippen molar-refractivity contribution in [3.63, 3.8) is 0 Å². The second-order valence-corrected chi connectivity index (χ2v) is 7.62. The largest absolute Gasteiger partial charge is 0.466 e. The van der Waals surface area contributed by atoms with Crippen molar-refractivity contribution in [2.75, 3.05) is 26.2 Å². The van der Waals surface area contributed by atoms with Crippen LogP contribution in [0.2, 0.25) is 0 Å². The molecule has 1 aromatic rings. The average molecular weight is 358 g/mol. The molecule has 5 heteroatoms. The molecule has 1 aliphatic heterocycles. The van der Waals surface area contributed by atoms with E-state index in [9.17, 15) is 9.59 Å². The summed E-state index contributed by atoms with van der Waals surface area (Å²) in [5.41, 5.74) is 2.42. The Balaban J connectivity index is 1.55. The number of carbonyl (C=O) groups excluding carboxylic acids is 2. The predicted molar refractivity (Wildman–Crippen MR) is 101 cm³/mol. The number of carbonyl (C=O) groups is 2. The molecule has 1 saturated carbocycles. The van der Waals surface area contributed by atoms with Crippen molar-refractivity contribution < 1.29 is 14.3 Å². The zero-order valence-electron chi connectivity index (χ0n) is 15.9. The molecule has 2 unspecified atom stereocenters. The molecule has 1 aromatic carbocycles. The zero-order valence-corrected chi connectivity index (χ0v) is 15.9. The Kier molecular flexibility index (Phi) is 6.30. The Morgan fingerprint density at radius 1 is 1.23 bits per heavy atom. The number of ether oxygens (including phenoxy) is 1. The molecular weight excluding hydrogens is 328 g/mol. The Morgan fingerprint density at radius 2 is 1.96 bits per heavy atom. The van der Waals surface area contributed by atoms with E-state index in [4.69, 9.17) is 4.74 Å². The molecule has 2 atom stereocenters. The number of nitrogens with zero attached hydrogens (tertiary/aromatic N) is 1. The van der Waals surface area contributed by atoms with Gasteiger partial charge in [-0.25, -0.2) is 0 Å². The van der Waals surface area contributed by atoms with Crippen molar-refractivity contribution in [3.05, 3.63) is 35.4 Å². The number of aryl methyl sites for hydroxylation is 1. The van der Waals surface area contributed by atoms with E-state index in [1.165, 1.54) is 24.0 Å². The molecule has 0 bridgehead atoms. The lowest BCUT2D eigenvalue weighted by Gasteiger charge is -2.31. The molecule has 26 heavy (non-hydrogen) atoms. The van der Waals surface area contributed by atoms with Crippen LogP contribution in [0.25, 0.3) is 0 Å². The molecular formula is C21H30N2O3. The Bertz CT molecular complexity index is 625.